The van der Waals surface area contributed by atoms with E-state index in [0.29, 0.717) is 52.8 Å². The molecule has 1 saturated heterocycles. The molecule has 0 aliphatic carbocycles. The number of methoxy groups -OCH3 is 1. The molecule has 1 aliphatic rings. The van der Waals surface area contributed by atoms with Gasteiger partial charge in [0, 0.05) is 44.2 Å². The third-order valence-corrected chi connectivity index (χ3v) is 7.70. The number of carboxylic acid groups (broad SMARTS) is 1. The SMILES string of the molecule is CNC(=O)c1ccccc1Nc1cc(Nc2ccc(N3CCS(=O)(=O)CC3)cc2OC)ncc1C#N.O=C(O)C(F)(F)F. The summed E-state index contributed by atoms with van der Waals surface area (Å²) < 4.78 is 60.8. The molecule has 1 aromatic heterocycles. The number of nitrogens with zero attached hydrogens (tertiary/aromatic N) is 3. The van der Waals surface area contributed by atoms with E-state index in [1.807, 2.05) is 23.1 Å². The summed E-state index contributed by atoms with van der Waals surface area (Å²) in [6, 6.07) is 16.4. The zero-order valence-electron chi connectivity index (χ0n) is 22.9. The van der Waals surface area contributed by atoms with E-state index in [4.69, 9.17) is 14.6 Å². The average Bonchev–Trinajstić information content (AvgIpc) is 2.97. The van der Waals surface area contributed by atoms with Gasteiger partial charge in [-0.05, 0) is 24.3 Å². The Morgan fingerprint density at radius 3 is 2.28 bits per heavy atom. The summed E-state index contributed by atoms with van der Waals surface area (Å²) in [5.74, 6) is -1.73. The van der Waals surface area contributed by atoms with E-state index in [1.54, 1.807) is 44.5 Å². The van der Waals surface area contributed by atoms with Crippen LogP contribution in [-0.4, -0.2) is 75.3 Å². The lowest BCUT2D eigenvalue weighted by Gasteiger charge is -2.29. The van der Waals surface area contributed by atoms with Crippen LogP contribution in [0.1, 0.15) is 15.9 Å². The number of hydrogen-bond donors (Lipinski definition) is 4. The largest absolute Gasteiger partial charge is 0.494 e. The molecule has 0 radical (unpaired) electrons. The second-order valence-electron chi connectivity index (χ2n) is 8.93. The number of carboxylic acids is 1. The topological polar surface area (TPSA) is 174 Å². The summed E-state index contributed by atoms with van der Waals surface area (Å²) in [5, 5.41) is 25.7. The fourth-order valence-electron chi connectivity index (χ4n) is 3.87. The predicted octanol–water partition coefficient (Wildman–Crippen LogP) is 3.68. The van der Waals surface area contributed by atoms with E-state index in [-0.39, 0.29) is 17.4 Å². The van der Waals surface area contributed by atoms with Crippen LogP contribution in [0, 0.1) is 11.3 Å². The molecule has 12 nitrogen and oxygen atoms in total. The molecule has 0 spiro atoms. The van der Waals surface area contributed by atoms with Crippen molar-refractivity contribution in [1.29, 1.82) is 5.26 Å². The van der Waals surface area contributed by atoms with Crippen LogP contribution in [0.2, 0.25) is 0 Å². The summed E-state index contributed by atoms with van der Waals surface area (Å²) >= 11 is 0. The number of benzene rings is 2. The molecule has 4 rings (SSSR count). The minimum atomic E-state index is -5.08. The highest BCUT2D eigenvalue weighted by atomic mass is 32.2. The molecule has 0 saturated carbocycles. The summed E-state index contributed by atoms with van der Waals surface area (Å²) in [7, 11) is 0.137. The first-order valence-electron chi connectivity index (χ1n) is 12.5. The highest BCUT2D eigenvalue weighted by molar-refractivity contribution is 7.91. The van der Waals surface area contributed by atoms with Crippen molar-refractivity contribution >= 4 is 50.3 Å². The smallest absolute Gasteiger partial charge is 0.490 e. The number of alkyl halides is 3. The number of para-hydroxylation sites is 1. The van der Waals surface area contributed by atoms with Gasteiger partial charge in [-0.1, -0.05) is 12.1 Å². The number of ether oxygens (including phenoxy) is 1. The number of rotatable bonds is 7. The second-order valence-corrected chi connectivity index (χ2v) is 11.2. The third-order valence-electron chi connectivity index (χ3n) is 6.09. The molecular weight excluding hydrogens is 593 g/mol. The van der Waals surface area contributed by atoms with E-state index in [1.165, 1.54) is 6.20 Å². The Bertz CT molecular complexity index is 1630. The third kappa shape index (κ3) is 8.72. The number of aliphatic carboxylic acids is 1. The molecular formula is C27H27F3N6O6S. The molecule has 2 heterocycles. The normalized spacial score (nSPS) is 13.9. The molecule has 1 fully saturated rings. The second kappa shape index (κ2) is 13.7. The average molecular weight is 621 g/mol. The van der Waals surface area contributed by atoms with Gasteiger partial charge >= 0.3 is 12.1 Å². The maximum absolute atomic E-state index is 12.2. The monoisotopic (exact) mass is 620 g/mol. The molecule has 1 aliphatic heterocycles. The van der Waals surface area contributed by atoms with Crippen LogP contribution in [0.5, 0.6) is 5.75 Å². The van der Waals surface area contributed by atoms with Crippen LogP contribution in [0.15, 0.2) is 54.7 Å². The first-order valence-corrected chi connectivity index (χ1v) is 14.3. The fourth-order valence-corrected chi connectivity index (χ4v) is 5.08. The number of sulfone groups is 1. The molecule has 43 heavy (non-hydrogen) atoms. The van der Waals surface area contributed by atoms with Gasteiger partial charge in [0.1, 0.15) is 17.6 Å². The van der Waals surface area contributed by atoms with Crippen LogP contribution in [0.25, 0.3) is 0 Å². The Hall–Kier alpha value is -5.04. The highest BCUT2D eigenvalue weighted by Gasteiger charge is 2.38. The quantitative estimate of drug-likeness (QED) is 0.303. The predicted molar refractivity (Wildman–Crippen MR) is 153 cm³/mol. The van der Waals surface area contributed by atoms with E-state index in [0.717, 1.165) is 5.69 Å². The molecule has 228 valence electrons. The van der Waals surface area contributed by atoms with Gasteiger partial charge in [0.05, 0.1) is 46.8 Å². The van der Waals surface area contributed by atoms with Gasteiger partial charge in [-0.15, -0.1) is 0 Å². The van der Waals surface area contributed by atoms with E-state index in [2.05, 4.69) is 27.0 Å². The molecule has 3 aromatic rings. The summed E-state index contributed by atoms with van der Waals surface area (Å²) in [6.45, 7) is 0.865. The van der Waals surface area contributed by atoms with Crippen LogP contribution in [0.3, 0.4) is 0 Å². The van der Waals surface area contributed by atoms with Gasteiger partial charge in [0.25, 0.3) is 5.91 Å². The number of hydrogen-bond acceptors (Lipinski definition) is 10. The van der Waals surface area contributed by atoms with Gasteiger partial charge in [-0.25, -0.2) is 18.2 Å². The zero-order valence-corrected chi connectivity index (χ0v) is 23.7. The lowest BCUT2D eigenvalue weighted by molar-refractivity contribution is -0.192. The number of nitriles is 1. The number of aromatic nitrogens is 1. The molecule has 2 aromatic carbocycles. The lowest BCUT2D eigenvalue weighted by Crippen LogP contribution is -2.40. The molecule has 0 unspecified atom stereocenters. The van der Waals surface area contributed by atoms with E-state index < -0.39 is 22.0 Å². The maximum atomic E-state index is 12.2. The fraction of sp³-hybridized carbons (Fsp3) is 0.259. The van der Waals surface area contributed by atoms with Crippen molar-refractivity contribution in [3.8, 4) is 11.8 Å². The number of carbonyl (C=O) groups is 2. The first kappa shape index (κ1) is 32.5. The number of pyridine rings is 1. The molecule has 16 heteroatoms. The van der Waals surface area contributed by atoms with Crippen molar-refractivity contribution in [2.45, 2.75) is 6.18 Å². The van der Waals surface area contributed by atoms with E-state index >= 15 is 0 Å². The Balaban J connectivity index is 0.000000646. The van der Waals surface area contributed by atoms with Crippen molar-refractivity contribution in [3.05, 3.63) is 65.9 Å². The molecule has 0 atom stereocenters. The van der Waals surface area contributed by atoms with Crippen molar-refractivity contribution in [2.75, 3.05) is 54.3 Å². The Morgan fingerprint density at radius 1 is 1.05 bits per heavy atom. The number of carbonyl (C=O) groups excluding carboxylic acids is 1. The molecule has 1 amide bonds. The zero-order chi connectivity index (χ0) is 31.8. The van der Waals surface area contributed by atoms with Gasteiger partial charge in [0.2, 0.25) is 0 Å². The summed E-state index contributed by atoms with van der Waals surface area (Å²) in [5.41, 5.74) is 3.31. The number of nitrogens with one attached hydrogen (secondary N) is 3. The van der Waals surface area contributed by atoms with Gasteiger partial charge < -0.3 is 30.7 Å². The number of halogens is 3. The Kier molecular flexibility index (Phi) is 10.4. The maximum Gasteiger partial charge on any atom is 0.490 e. The lowest BCUT2D eigenvalue weighted by atomic mass is 10.1. The number of amides is 1. The van der Waals surface area contributed by atoms with Crippen LogP contribution < -0.4 is 25.6 Å². The summed E-state index contributed by atoms with van der Waals surface area (Å²) in [4.78, 5) is 27.5. The van der Waals surface area contributed by atoms with Crippen LogP contribution in [0.4, 0.5) is 41.7 Å². The van der Waals surface area contributed by atoms with E-state index in [9.17, 15) is 31.6 Å². The van der Waals surface area contributed by atoms with Crippen molar-refractivity contribution in [2.24, 2.45) is 0 Å². The van der Waals surface area contributed by atoms with Crippen LogP contribution >= 0.6 is 0 Å². The standard InChI is InChI=1S/C25H26N6O4S.C2HF3O2/c1-27-25(32)19-5-3-4-6-20(19)29-22-14-24(28-16-17(22)15-26)30-21-8-7-18(13-23(21)35-2)31-9-11-36(33,34)12-10-31;3-2(4,5)1(6)7/h3-8,13-14,16H,9-12H2,1-2H3,(H,27,32)(H2,28,29,30);(H,6,7). The van der Waals surface area contributed by atoms with Crippen molar-refractivity contribution in [3.63, 3.8) is 0 Å². The Morgan fingerprint density at radius 2 is 1.70 bits per heavy atom. The molecule has 0 bridgehead atoms. The van der Waals surface area contributed by atoms with Gasteiger partial charge in [-0.2, -0.15) is 18.4 Å². The van der Waals surface area contributed by atoms with Crippen molar-refractivity contribution < 1.29 is 41.0 Å². The highest BCUT2D eigenvalue weighted by Crippen LogP contribution is 2.33. The van der Waals surface area contributed by atoms with Crippen LogP contribution in [-0.2, 0) is 14.6 Å². The first-order chi connectivity index (χ1) is 20.3. The molecule has 4 N–H and O–H groups in total. The van der Waals surface area contributed by atoms with Gasteiger partial charge in [-0.3, -0.25) is 4.79 Å². The van der Waals surface area contributed by atoms with Crippen molar-refractivity contribution in [1.82, 2.24) is 10.3 Å². The minimum Gasteiger partial charge on any atom is -0.494 e. The minimum absolute atomic E-state index is 0.128. The van der Waals surface area contributed by atoms with Gasteiger partial charge in [0.15, 0.2) is 9.84 Å². The number of anilines is 5. The summed E-state index contributed by atoms with van der Waals surface area (Å²) in [6.07, 6.45) is -3.64. The Labute approximate surface area is 245 Å².